The highest BCUT2D eigenvalue weighted by Gasteiger charge is 2.14. The summed E-state index contributed by atoms with van der Waals surface area (Å²) in [6.07, 6.45) is 2.87. The van der Waals surface area contributed by atoms with E-state index >= 15 is 0 Å². The Bertz CT molecular complexity index is 509. The summed E-state index contributed by atoms with van der Waals surface area (Å²) in [6, 6.07) is 7.79. The lowest BCUT2D eigenvalue weighted by Gasteiger charge is -2.20. The summed E-state index contributed by atoms with van der Waals surface area (Å²) in [5.74, 6) is 1.01. The number of rotatable bonds is 8. The first-order chi connectivity index (χ1) is 10.5. The van der Waals surface area contributed by atoms with E-state index in [1.165, 1.54) is 0 Å². The van der Waals surface area contributed by atoms with E-state index in [0.717, 1.165) is 16.9 Å². The number of benzene rings is 1. The molecule has 0 aliphatic carbocycles. The van der Waals surface area contributed by atoms with Gasteiger partial charge in [-0.3, -0.25) is 4.79 Å². The van der Waals surface area contributed by atoms with Gasteiger partial charge in [-0.25, -0.2) is 0 Å². The van der Waals surface area contributed by atoms with Gasteiger partial charge in [-0.1, -0.05) is 37.6 Å². The summed E-state index contributed by atoms with van der Waals surface area (Å²) in [6.45, 7) is 6.08. The van der Waals surface area contributed by atoms with Crippen LogP contribution in [0.15, 0.2) is 35.9 Å². The Hall–Kier alpha value is -1.81. The van der Waals surface area contributed by atoms with Crippen LogP contribution in [0.1, 0.15) is 32.8 Å². The van der Waals surface area contributed by atoms with Gasteiger partial charge < -0.3 is 15.2 Å². The second kappa shape index (κ2) is 9.26. The highest BCUT2D eigenvalue weighted by molar-refractivity contribution is 5.88. The highest BCUT2D eigenvalue weighted by atomic mass is 16.5. The number of carbonyl (C=O) groups is 1. The molecule has 1 unspecified atom stereocenters. The van der Waals surface area contributed by atoms with Crippen molar-refractivity contribution in [2.75, 3.05) is 13.7 Å². The van der Waals surface area contributed by atoms with Gasteiger partial charge in [-0.2, -0.15) is 0 Å². The zero-order valence-corrected chi connectivity index (χ0v) is 13.9. The minimum absolute atomic E-state index is 0.00666. The van der Waals surface area contributed by atoms with Crippen molar-refractivity contribution in [2.45, 2.75) is 39.7 Å². The number of methoxy groups -OCH3 is 1. The van der Waals surface area contributed by atoms with E-state index in [9.17, 15) is 4.79 Å². The van der Waals surface area contributed by atoms with Gasteiger partial charge in [0.1, 0.15) is 5.75 Å². The standard InChI is InChI=1S/C18H27NO3/c1-13(2)16(9-10-20)19-18(21)12-14(3)11-15-7-5-6-8-17(15)22-4/h5-8,12-13,16,20H,9-11H2,1-4H3,(H,19,21)/b14-12+. The van der Waals surface area contributed by atoms with Crippen LogP contribution in [0.2, 0.25) is 0 Å². The summed E-state index contributed by atoms with van der Waals surface area (Å²) < 4.78 is 5.32. The molecule has 1 amide bonds. The Morgan fingerprint density at radius 2 is 2.05 bits per heavy atom. The van der Waals surface area contributed by atoms with Gasteiger partial charge in [-0.05, 0) is 37.3 Å². The van der Waals surface area contributed by atoms with Crippen LogP contribution in [-0.2, 0) is 11.2 Å². The molecule has 1 aromatic rings. The monoisotopic (exact) mass is 305 g/mol. The van der Waals surface area contributed by atoms with E-state index in [-0.39, 0.29) is 18.6 Å². The second-order valence-corrected chi connectivity index (χ2v) is 5.85. The highest BCUT2D eigenvalue weighted by Crippen LogP contribution is 2.20. The number of amides is 1. The van der Waals surface area contributed by atoms with Crippen LogP contribution in [0.3, 0.4) is 0 Å². The third-order valence-corrected chi connectivity index (χ3v) is 3.61. The maximum Gasteiger partial charge on any atom is 0.244 e. The zero-order valence-electron chi connectivity index (χ0n) is 13.9. The van der Waals surface area contributed by atoms with Gasteiger partial charge in [0, 0.05) is 18.7 Å². The molecule has 0 aromatic heterocycles. The van der Waals surface area contributed by atoms with Crippen molar-refractivity contribution in [3.05, 3.63) is 41.5 Å². The molecule has 0 bridgehead atoms. The van der Waals surface area contributed by atoms with Gasteiger partial charge in [0.2, 0.25) is 5.91 Å². The lowest BCUT2D eigenvalue weighted by atomic mass is 10.0. The first kappa shape index (κ1) is 18.2. The Labute approximate surface area is 133 Å². The van der Waals surface area contributed by atoms with E-state index in [4.69, 9.17) is 9.84 Å². The molecule has 122 valence electrons. The number of ether oxygens (including phenoxy) is 1. The first-order valence-electron chi connectivity index (χ1n) is 7.68. The van der Waals surface area contributed by atoms with E-state index in [0.29, 0.717) is 18.8 Å². The topological polar surface area (TPSA) is 58.6 Å². The van der Waals surface area contributed by atoms with Gasteiger partial charge in [0.05, 0.1) is 7.11 Å². The summed E-state index contributed by atoms with van der Waals surface area (Å²) in [7, 11) is 1.65. The molecule has 0 fully saturated rings. The second-order valence-electron chi connectivity index (χ2n) is 5.85. The number of hydrogen-bond acceptors (Lipinski definition) is 3. The van der Waals surface area contributed by atoms with Crippen LogP contribution in [0.4, 0.5) is 0 Å². The van der Waals surface area contributed by atoms with Gasteiger partial charge >= 0.3 is 0 Å². The van der Waals surface area contributed by atoms with Gasteiger partial charge in [0.15, 0.2) is 0 Å². The predicted molar refractivity (Wildman–Crippen MR) is 88.9 cm³/mol. The molecule has 0 aliphatic rings. The minimum atomic E-state index is -0.112. The Kier molecular flexibility index (Phi) is 7.67. The number of carbonyl (C=O) groups excluding carboxylic acids is 1. The predicted octanol–water partition coefficient (Wildman–Crippen LogP) is 2.71. The number of aliphatic hydroxyl groups is 1. The fraction of sp³-hybridized carbons (Fsp3) is 0.500. The maximum atomic E-state index is 12.1. The lowest BCUT2D eigenvalue weighted by molar-refractivity contribution is -0.117. The largest absolute Gasteiger partial charge is 0.496 e. The molecule has 4 nitrogen and oxygen atoms in total. The smallest absolute Gasteiger partial charge is 0.244 e. The third kappa shape index (κ3) is 5.90. The molecule has 0 aliphatic heterocycles. The molecule has 0 saturated carbocycles. The fourth-order valence-corrected chi connectivity index (χ4v) is 2.36. The van der Waals surface area contributed by atoms with Crippen LogP contribution in [0.5, 0.6) is 5.75 Å². The quantitative estimate of drug-likeness (QED) is 0.726. The summed E-state index contributed by atoms with van der Waals surface area (Å²) in [5.41, 5.74) is 2.02. The number of hydrogen-bond donors (Lipinski definition) is 2. The molecule has 1 rings (SSSR count). The van der Waals surface area contributed by atoms with E-state index in [2.05, 4.69) is 5.32 Å². The van der Waals surface area contributed by atoms with Crippen molar-refractivity contribution in [3.8, 4) is 5.75 Å². The molecule has 1 atom stereocenters. The first-order valence-corrected chi connectivity index (χ1v) is 7.68. The van der Waals surface area contributed by atoms with Gasteiger partial charge in [-0.15, -0.1) is 0 Å². The summed E-state index contributed by atoms with van der Waals surface area (Å²) in [4.78, 5) is 12.1. The van der Waals surface area contributed by atoms with Crippen molar-refractivity contribution >= 4 is 5.91 Å². The maximum absolute atomic E-state index is 12.1. The number of aliphatic hydroxyl groups excluding tert-OH is 1. The summed E-state index contributed by atoms with van der Waals surface area (Å²) in [5, 5.41) is 12.0. The Balaban J connectivity index is 2.69. The molecule has 0 radical (unpaired) electrons. The summed E-state index contributed by atoms with van der Waals surface area (Å²) >= 11 is 0. The van der Waals surface area contributed by atoms with E-state index < -0.39 is 0 Å². The average Bonchev–Trinajstić information content (AvgIpc) is 2.47. The Morgan fingerprint density at radius 1 is 1.36 bits per heavy atom. The fourth-order valence-electron chi connectivity index (χ4n) is 2.36. The van der Waals surface area contributed by atoms with Crippen LogP contribution >= 0.6 is 0 Å². The van der Waals surface area contributed by atoms with Crippen molar-refractivity contribution in [2.24, 2.45) is 5.92 Å². The molecular weight excluding hydrogens is 278 g/mol. The van der Waals surface area contributed by atoms with Crippen molar-refractivity contribution in [1.82, 2.24) is 5.32 Å². The van der Waals surface area contributed by atoms with Crippen LogP contribution < -0.4 is 10.1 Å². The number of allylic oxidation sites excluding steroid dienone is 1. The number of para-hydroxylation sites is 1. The molecule has 0 heterocycles. The van der Waals surface area contributed by atoms with Crippen LogP contribution in [0.25, 0.3) is 0 Å². The lowest BCUT2D eigenvalue weighted by Crippen LogP contribution is -2.38. The Morgan fingerprint density at radius 3 is 2.64 bits per heavy atom. The SMILES string of the molecule is COc1ccccc1C/C(C)=C/C(=O)NC(CCO)C(C)C. The molecule has 4 heteroatoms. The minimum Gasteiger partial charge on any atom is -0.496 e. The van der Waals surface area contributed by atoms with Crippen LogP contribution in [-0.4, -0.2) is 30.8 Å². The average molecular weight is 305 g/mol. The molecule has 1 aromatic carbocycles. The molecule has 2 N–H and O–H groups in total. The van der Waals surface area contributed by atoms with Gasteiger partial charge in [0.25, 0.3) is 0 Å². The van der Waals surface area contributed by atoms with E-state index in [1.807, 2.05) is 45.0 Å². The van der Waals surface area contributed by atoms with E-state index in [1.54, 1.807) is 13.2 Å². The molecule has 0 spiro atoms. The molecule has 0 saturated heterocycles. The number of nitrogens with one attached hydrogen (secondary N) is 1. The zero-order chi connectivity index (χ0) is 16.5. The molecular formula is C18H27NO3. The normalized spacial score (nSPS) is 13.1. The third-order valence-electron chi connectivity index (χ3n) is 3.61. The van der Waals surface area contributed by atoms with Crippen molar-refractivity contribution in [3.63, 3.8) is 0 Å². The van der Waals surface area contributed by atoms with Crippen molar-refractivity contribution < 1.29 is 14.6 Å². The van der Waals surface area contributed by atoms with Crippen molar-refractivity contribution in [1.29, 1.82) is 0 Å². The van der Waals surface area contributed by atoms with Crippen LogP contribution in [0, 0.1) is 5.92 Å². The molecule has 22 heavy (non-hydrogen) atoms.